The van der Waals surface area contributed by atoms with Gasteiger partial charge >= 0.3 is 12.3 Å². The number of hydrogen-bond acceptors (Lipinski definition) is 14. The molecule has 16 nitrogen and oxygen atoms in total. The van der Waals surface area contributed by atoms with E-state index in [1.807, 2.05) is 4.90 Å². The molecular formula is C37H48F2N8O8. The number of likely N-dealkylation sites (N-methyl/N-ethyl adjacent to an activating group) is 2. The van der Waals surface area contributed by atoms with E-state index in [9.17, 15) is 28.4 Å². The topological polar surface area (TPSA) is 185 Å². The van der Waals surface area contributed by atoms with Gasteiger partial charge in [0.2, 0.25) is 11.8 Å². The van der Waals surface area contributed by atoms with Gasteiger partial charge in [0.15, 0.2) is 5.78 Å². The molecule has 1 atom stereocenters. The number of rotatable bonds is 11. The number of amides is 2. The minimum absolute atomic E-state index is 0.171. The van der Waals surface area contributed by atoms with Gasteiger partial charge in [-0.25, -0.2) is 8.78 Å². The Hall–Kier alpha value is -5.01. The fourth-order valence-electron chi connectivity index (χ4n) is 6.60. The van der Waals surface area contributed by atoms with E-state index in [2.05, 4.69) is 38.7 Å². The van der Waals surface area contributed by atoms with Crippen molar-refractivity contribution in [3.05, 3.63) is 36.0 Å². The molecule has 298 valence electrons. The Morgan fingerprint density at radius 3 is 2.07 bits per heavy atom. The molecule has 3 aliphatic rings. The monoisotopic (exact) mass is 770 g/mol. The van der Waals surface area contributed by atoms with Crippen LogP contribution in [0.2, 0.25) is 0 Å². The summed E-state index contributed by atoms with van der Waals surface area (Å²) in [5.74, 6) is -3.25. The molecule has 2 amide bonds. The highest BCUT2D eigenvalue weighted by Gasteiger charge is 2.47. The maximum atomic E-state index is 13.8. The molecule has 1 aromatic carbocycles. The number of nitrogens with zero attached hydrogens (tertiary/aromatic N) is 8. The molecule has 18 heteroatoms. The number of ketones is 1. The van der Waals surface area contributed by atoms with Crippen molar-refractivity contribution in [1.29, 1.82) is 5.26 Å². The fraction of sp³-hybridized carbons (Fsp3) is 0.595. The molecule has 3 saturated heterocycles. The van der Waals surface area contributed by atoms with Gasteiger partial charge in [0.25, 0.3) is 5.92 Å². The second-order valence-corrected chi connectivity index (χ2v) is 13.7. The van der Waals surface area contributed by atoms with Crippen LogP contribution < -0.4 is 4.74 Å². The van der Waals surface area contributed by atoms with Crippen LogP contribution in [0.5, 0.6) is 5.75 Å². The molecule has 0 N–H and O–H groups in total. The maximum Gasteiger partial charge on any atom is 0.373 e. The number of pyridine rings is 1. The highest BCUT2D eigenvalue weighted by atomic mass is 19.3. The smallest absolute Gasteiger partial charge is 0.373 e. The largest absolute Gasteiger partial charge is 0.494 e. The van der Waals surface area contributed by atoms with Crippen LogP contribution in [0.1, 0.15) is 36.0 Å². The third kappa shape index (κ3) is 14.3. The minimum Gasteiger partial charge on any atom is -0.494 e. The van der Waals surface area contributed by atoms with Crippen molar-refractivity contribution in [2.24, 2.45) is 0 Å². The quantitative estimate of drug-likeness (QED) is 0.232. The number of fused-ring (bicyclic) bond motifs is 1. The Morgan fingerprint density at radius 2 is 1.45 bits per heavy atom. The van der Waals surface area contributed by atoms with Crippen molar-refractivity contribution >= 4 is 40.8 Å². The van der Waals surface area contributed by atoms with Gasteiger partial charge in [-0.15, -0.1) is 0 Å². The third-order valence-electron chi connectivity index (χ3n) is 9.75. The van der Waals surface area contributed by atoms with Crippen LogP contribution in [-0.4, -0.2) is 182 Å². The van der Waals surface area contributed by atoms with E-state index in [-0.39, 0.29) is 36.8 Å². The molecule has 1 aromatic heterocycles. The standard InChI is InChI=1S/C35H48F2N8O4.2CO2/c1-40-11-12-41(2)14-16-43(15-13-40)25-34(48)44-19-17-42(18-20-44)10-3-21-49-28-4-5-31-30(22-28)29(8-9-39-31)32(46)6-7-33(47)45-26-35(36,37)23-27(45)24-38;2*2-1-3/h4-5,8-9,22,27H,3,6-7,10-21,23,25-26H2,1-2H3;;/t27-;;/m0../s1. The molecule has 3 aliphatic heterocycles. The normalized spacial score (nSPS) is 19.5. The van der Waals surface area contributed by atoms with E-state index >= 15 is 0 Å². The fourth-order valence-corrected chi connectivity index (χ4v) is 6.60. The summed E-state index contributed by atoms with van der Waals surface area (Å²) in [6, 6.07) is 7.50. The van der Waals surface area contributed by atoms with Crippen LogP contribution in [0, 0.1) is 11.3 Å². The predicted molar refractivity (Wildman–Crippen MR) is 191 cm³/mol. The number of carbonyl (C=O) groups excluding carboxylic acids is 7. The molecule has 0 spiro atoms. The zero-order chi connectivity index (χ0) is 40.4. The zero-order valence-corrected chi connectivity index (χ0v) is 31.3. The van der Waals surface area contributed by atoms with Crippen LogP contribution in [0.4, 0.5) is 8.78 Å². The summed E-state index contributed by atoms with van der Waals surface area (Å²) in [6.45, 7) is 9.87. The number of halogens is 2. The number of piperazine rings is 1. The Kier molecular flexibility index (Phi) is 18.1. The third-order valence-corrected chi connectivity index (χ3v) is 9.75. The summed E-state index contributed by atoms with van der Waals surface area (Å²) in [5, 5.41) is 9.77. The predicted octanol–water partition coefficient (Wildman–Crippen LogP) is 0.883. The summed E-state index contributed by atoms with van der Waals surface area (Å²) in [6.07, 6.45) is 1.70. The van der Waals surface area contributed by atoms with Crippen molar-refractivity contribution in [3.8, 4) is 11.8 Å². The first-order chi connectivity index (χ1) is 26.3. The first-order valence-electron chi connectivity index (χ1n) is 18.0. The van der Waals surface area contributed by atoms with Gasteiger partial charge in [0.1, 0.15) is 11.8 Å². The van der Waals surface area contributed by atoms with E-state index in [1.165, 1.54) is 6.20 Å². The summed E-state index contributed by atoms with van der Waals surface area (Å²) in [7, 11) is 4.27. The van der Waals surface area contributed by atoms with Gasteiger partial charge in [-0.2, -0.15) is 24.4 Å². The maximum absolute atomic E-state index is 13.8. The second-order valence-electron chi connectivity index (χ2n) is 13.7. The Balaban J connectivity index is 0.00000127. The summed E-state index contributed by atoms with van der Waals surface area (Å²) in [4.78, 5) is 87.8. The molecule has 0 radical (unpaired) electrons. The van der Waals surface area contributed by atoms with Gasteiger partial charge in [-0.3, -0.25) is 29.2 Å². The molecule has 4 heterocycles. The number of hydrogen-bond donors (Lipinski definition) is 0. The zero-order valence-electron chi connectivity index (χ0n) is 31.3. The van der Waals surface area contributed by atoms with Crippen molar-refractivity contribution in [2.75, 3.05) is 106 Å². The Labute approximate surface area is 318 Å². The molecule has 0 bridgehead atoms. The average Bonchev–Trinajstić information content (AvgIpc) is 3.53. The number of aromatic nitrogens is 1. The number of ether oxygens (including phenoxy) is 1. The number of likely N-dealkylation sites (tertiary alicyclic amines) is 1. The van der Waals surface area contributed by atoms with Gasteiger partial charge < -0.3 is 24.3 Å². The van der Waals surface area contributed by atoms with Gasteiger partial charge in [-0.1, -0.05) is 0 Å². The Morgan fingerprint density at radius 1 is 0.855 bits per heavy atom. The molecular weight excluding hydrogens is 722 g/mol. The summed E-state index contributed by atoms with van der Waals surface area (Å²) >= 11 is 0. The van der Waals surface area contributed by atoms with Gasteiger partial charge in [0, 0.05) is 108 Å². The highest BCUT2D eigenvalue weighted by molar-refractivity contribution is 6.08. The van der Waals surface area contributed by atoms with Crippen LogP contribution in [0.25, 0.3) is 10.9 Å². The number of benzene rings is 1. The summed E-state index contributed by atoms with van der Waals surface area (Å²) in [5.41, 5.74) is 0.975. The van der Waals surface area contributed by atoms with Crippen molar-refractivity contribution in [2.45, 2.75) is 37.6 Å². The van der Waals surface area contributed by atoms with Crippen LogP contribution in [0.3, 0.4) is 0 Å². The molecule has 55 heavy (non-hydrogen) atoms. The second kappa shape index (κ2) is 22.4. The van der Waals surface area contributed by atoms with Crippen LogP contribution >= 0.6 is 0 Å². The lowest BCUT2D eigenvalue weighted by Gasteiger charge is -2.36. The van der Waals surface area contributed by atoms with E-state index in [0.29, 0.717) is 35.4 Å². The van der Waals surface area contributed by atoms with E-state index < -0.39 is 30.8 Å². The molecule has 0 saturated carbocycles. The number of carbonyl (C=O) groups is 3. The lowest BCUT2D eigenvalue weighted by atomic mass is 10.0. The minimum atomic E-state index is -3.10. The first kappa shape index (κ1) is 44.4. The van der Waals surface area contributed by atoms with Crippen LogP contribution in [-0.2, 0) is 28.8 Å². The Bertz CT molecular complexity index is 1680. The van der Waals surface area contributed by atoms with E-state index in [1.54, 1.807) is 30.3 Å². The SMILES string of the molecule is CN1CCN(C)CCN(CC(=O)N2CCN(CCCOc3ccc4nccc(C(=O)CCC(=O)N5CC(F)(F)C[C@H]5C#N)c4c3)CC2)CC1.O=C=O.O=C=O. The van der Waals surface area contributed by atoms with Crippen molar-refractivity contribution < 1.29 is 47.1 Å². The number of alkyl halides is 2. The number of Topliss-reactive ketones (excluding diaryl/α,β-unsaturated/α-hetero) is 1. The molecule has 2 aromatic rings. The van der Waals surface area contributed by atoms with E-state index in [4.69, 9.17) is 23.9 Å². The van der Waals surface area contributed by atoms with Gasteiger partial charge in [0.05, 0.1) is 31.3 Å². The molecule has 3 fully saturated rings. The molecule has 0 aliphatic carbocycles. The average molecular weight is 771 g/mol. The van der Waals surface area contributed by atoms with Crippen LogP contribution in [0.15, 0.2) is 30.5 Å². The lowest BCUT2D eigenvalue weighted by molar-refractivity contribution is -0.193. The highest BCUT2D eigenvalue weighted by Crippen LogP contribution is 2.32. The van der Waals surface area contributed by atoms with Crippen molar-refractivity contribution in [1.82, 2.24) is 34.4 Å². The number of nitriles is 1. The first-order valence-corrected chi connectivity index (χ1v) is 18.0. The van der Waals surface area contributed by atoms with Gasteiger partial charge in [-0.05, 0) is 44.8 Å². The molecule has 0 unspecified atom stereocenters. The molecule has 5 rings (SSSR count). The van der Waals surface area contributed by atoms with Crippen molar-refractivity contribution in [3.63, 3.8) is 0 Å². The lowest BCUT2D eigenvalue weighted by Crippen LogP contribution is -2.52. The summed E-state index contributed by atoms with van der Waals surface area (Å²) < 4.78 is 33.6. The van der Waals surface area contributed by atoms with E-state index in [0.717, 1.165) is 83.3 Å².